The third-order valence-corrected chi connectivity index (χ3v) is 3.77. The zero-order valence-corrected chi connectivity index (χ0v) is 11.8. The lowest BCUT2D eigenvalue weighted by Crippen LogP contribution is -2.49. The van der Waals surface area contributed by atoms with Gasteiger partial charge in [0.1, 0.15) is 11.9 Å². The lowest BCUT2D eigenvalue weighted by atomic mass is 10.1. The van der Waals surface area contributed by atoms with Gasteiger partial charge >= 0.3 is 6.03 Å². The van der Waals surface area contributed by atoms with Gasteiger partial charge in [-0.15, -0.1) is 0 Å². The first kappa shape index (κ1) is 13.9. The molecule has 0 spiro atoms. The van der Waals surface area contributed by atoms with Gasteiger partial charge in [-0.3, -0.25) is 15.0 Å². The van der Waals surface area contributed by atoms with Crippen LogP contribution in [-0.2, 0) is 4.79 Å². The van der Waals surface area contributed by atoms with Crippen LogP contribution in [0.15, 0.2) is 24.3 Å². The number of rotatable bonds is 3. The fourth-order valence-corrected chi connectivity index (χ4v) is 2.64. The average molecular weight is 289 g/mol. The van der Waals surface area contributed by atoms with Crippen molar-refractivity contribution in [2.45, 2.75) is 25.4 Å². The minimum atomic E-state index is -0.370. The number of benzene rings is 1. The van der Waals surface area contributed by atoms with Crippen LogP contribution in [0.4, 0.5) is 10.5 Å². The fourth-order valence-electron chi connectivity index (χ4n) is 2.64. The van der Waals surface area contributed by atoms with Crippen molar-refractivity contribution in [3.63, 3.8) is 0 Å². The maximum Gasteiger partial charge on any atom is 0.328 e. The van der Waals surface area contributed by atoms with Gasteiger partial charge in [-0.1, -0.05) is 6.07 Å². The van der Waals surface area contributed by atoms with E-state index in [1.807, 2.05) is 24.3 Å². The van der Waals surface area contributed by atoms with Crippen LogP contribution in [0, 0.1) is 0 Å². The minimum Gasteiger partial charge on any atom is -0.490 e. The van der Waals surface area contributed by atoms with Crippen molar-refractivity contribution in [3.05, 3.63) is 24.3 Å². The quantitative estimate of drug-likeness (QED) is 0.879. The summed E-state index contributed by atoms with van der Waals surface area (Å²) >= 11 is 0. The summed E-state index contributed by atoms with van der Waals surface area (Å²) in [6.07, 6.45) is 2.52. The van der Waals surface area contributed by atoms with Gasteiger partial charge in [0.2, 0.25) is 5.91 Å². The topological polar surface area (TPSA) is 70.7 Å². The summed E-state index contributed by atoms with van der Waals surface area (Å²) in [4.78, 5) is 24.6. The molecule has 0 unspecified atom stereocenters. The Balaban J connectivity index is 1.70. The van der Waals surface area contributed by atoms with E-state index in [1.165, 1.54) is 0 Å². The third-order valence-electron chi connectivity index (χ3n) is 3.77. The number of imide groups is 1. The van der Waals surface area contributed by atoms with Gasteiger partial charge < -0.3 is 10.1 Å². The van der Waals surface area contributed by atoms with Crippen LogP contribution in [-0.4, -0.2) is 37.7 Å². The minimum absolute atomic E-state index is 0.221. The van der Waals surface area contributed by atoms with Gasteiger partial charge in [0.15, 0.2) is 0 Å². The van der Waals surface area contributed by atoms with Gasteiger partial charge in [0.25, 0.3) is 0 Å². The smallest absolute Gasteiger partial charge is 0.328 e. The molecular weight excluding hydrogens is 270 g/mol. The van der Waals surface area contributed by atoms with Crippen LogP contribution in [0.25, 0.3) is 0 Å². The Morgan fingerprint density at radius 2 is 2.00 bits per heavy atom. The Bertz CT molecular complexity index is 541. The van der Waals surface area contributed by atoms with Crippen molar-refractivity contribution in [1.82, 2.24) is 10.6 Å². The second-order valence-electron chi connectivity index (χ2n) is 5.32. The molecule has 2 aliphatic rings. The van der Waals surface area contributed by atoms with Crippen molar-refractivity contribution >= 4 is 17.6 Å². The van der Waals surface area contributed by atoms with Crippen molar-refractivity contribution in [2.24, 2.45) is 0 Å². The molecule has 2 aliphatic heterocycles. The van der Waals surface area contributed by atoms with Gasteiger partial charge in [0.05, 0.1) is 0 Å². The van der Waals surface area contributed by atoms with Gasteiger partial charge in [0, 0.05) is 24.7 Å². The van der Waals surface area contributed by atoms with Crippen molar-refractivity contribution < 1.29 is 14.3 Å². The highest BCUT2D eigenvalue weighted by Crippen LogP contribution is 2.24. The molecule has 0 aliphatic carbocycles. The van der Waals surface area contributed by atoms with E-state index in [0.717, 1.165) is 37.4 Å². The largest absolute Gasteiger partial charge is 0.490 e. The fraction of sp³-hybridized carbons (Fsp3) is 0.467. The van der Waals surface area contributed by atoms with E-state index in [1.54, 1.807) is 4.90 Å². The number of amides is 3. The molecule has 1 aromatic rings. The zero-order valence-electron chi connectivity index (χ0n) is 11.8. The molecule has 2 N–H and O–H groups in total. The number of anilines is 1. The SMILES string of the molecule is O=C1CCN(c2cccc(OC3CCNCC3)c2)C(=O)N1. The standard InChI is InChI=1S/C15H19N3O3/c19-14-6-9-18(15(20)17-14)11-2-1-3-13(10-11)21-12-4-7-16-8-5-12/h1-3,10,12,16H,4-9H2,(H,17,19,20). The van der Waals surface area contributed by atoms with Crippen LogP contribution < -0.4 is 20.3 Å². The number of hydrogen-bond acceptors (Lipinski definition) is 4. The Hall–Kier alpha value is -2.08. The summed E-state index contributed by atoms with van der Waals surface area (Å²) in [5.74, 6) is 0.544. The summed E-state index contributed by atoms with van der Waals surface area (Å²) in [6, 6.07) is 7.11. The monoisotopic (exact) mass is 289 g/mol. The van der Waals surface area contributed by atoms with Crippen LogP contribution in [0.1, 0.15) is 19.3 Å². The molecule has 1 aromatic carbocycles. The Kier molecular flexibility index (Phi) is 4.06. The number of urea groups is 1. The van der Waals surface area contributed by atoms with Crippen LogP contribution in [0.5, 0.6) is 5.75 Å². The van der Waals surface area contributed by atoms with Gasteiger partial charge in [-0.05, 0) is 38.1 Å². The molecule has 0 aromatic heterocycles. The predicted molar refractivity (Wildman–Crippen MR) is 78.5 cm³/mol. The second kappa shape index (κ2) is 6.13. The molecular formula is C15H19N3O3. The van der Waals surface area contributed by atoms with E-state index in [-0.39, 0.29) is 18.0 Å². The summed E-state index contributed by atoms with van der Waals surface area (Å²) in [5, 5.41) is 5.63. The van der Waals surface area contributed by atoms with E-state index in [0.29, 0.717) is 13.0 Å². The van der Waals surface area contributed by atoms with E-state index in [4.69, 9.17) is 4.74 Å². The van der Waals surface area contributed by atoms with Gasteiger partial charge in [-0.25, -0.2) is 4.79 Å². The molecule has 112 valence electrons. The molecule has 3 rings (SSSR count). The Labute approximate surface area is 123 Å². The van der Waals surface area contributed by atoms with Crippen LogP contribution in [0.3, 0.4) is 0 Å². The normalized spacial score (nSPS) is 20.3. The number of carbonyl (C=O) groups excluding carboxylic acids is 2. The molecule has 2 saturated heterocycles. The summed E-state index contributed by atoms with van der Waals surface area (Å²) in [6.45, 7) is 2.35. The zero-order chi connectivity index (χ0) is 14.7. The van der Waals surface area contributed by atoms with E-state index >= 15 is 0 Å². The first-order chi connectivity index (χ1) is 10.2. The van der Waals surface area contributed by atoms with Crippen molar-refractivity contribution in [3.8, 4) is 5.75 Å². The number of carbonyl (C=O) groups is 2. The summed E-state index contributed by atoms with van der Waals surface area (Å²) in [7, 11) is 0. The number of nitrogens with one attached hydrogen (secondary N) is 2. The maximum absolute atomic E-state index is 11.9. The highest BCUT2D eigenvalue weighted by atomic mass is 16.5. The van der Waals surface area contributed by atoms with Crippen LogP contribution >= 0.6 is 0 Å². The summed E-state index contributed by atoms with van der Waals surface area (Å²) in [5.41, 5.74) is 0.756. The van der Waals surface area contributed by atoms with Crippen molar-refractivity contribution in [1.29, 1.82) is 0 Å². The lowest BCUT2D eigenvalue weighted by molar-refractivity contribution is -0.120. The second-order valence-corrected chi connectivity index (χ2v) is 5.32. The summed E-state index contributed by atoms with van der Waals surface area (Å²) < 4.78 is 5.98. The number of ether oxygens (including phenoxy) is 1. The van der Waals surface area contributed by atoms with Crippen molar-refractivity contribution in [2.75, 3.05) is 24.5 Å². The number of hydrogen-bond donors (Lipinski definition) is 2. The molecule has 2 fully saturated rings. The number of nitrogens with zero attached hydrogens (tertiary/aromatic N) is 1. The molecule has 6 nitrogen and oxygen atoms in total. The average Bonchev–Trinajstić information content (AvgIpc) is 2.48. The van der Waals surface area contributed by atoms with Gasteiger partial charge in [-0.2, -0.15) is 0 Å². The van der Waals surface area contributed by atoms with E-state index in [2.05, 4.69) is 10.6 Å². The Morgan fingerprint density at radius 3 is 2.76 bits per heavy atom. The molecule has 0 saturated carbocycles. The molecule has 0 bridgehead atoms. The lowest BCUT2D eigenvalue weighted by Gasteiger charge is -2.28. The predicted octanol–water partition coefficient (Wildman–Crippen LogP) is 1.26. The molecule has 21 heavy (non-hydrogen) atoms. The molecule has 2 heterocycles. The van der Waals surface area contributed by atoms with E-state index in [9.17, 15) is 9.59 Å². The highest BCUT2D eigenvalue weighted by Gasteiger charge is 2.24. The molecule has 3 amide bonds. The number of piperidine rings is 1. The van der Waals surface area contributed by atoms with Crippen LogP contribution in [0.2, 0.25) is 0 Å². The maximum atomic E-state index is 11.9. The molecule has 0 atom stereocenters. The molecule has 6 heteroatoms. The highest BCUT2D eigenvalue weighted by molar-refractivity contribution is 6.05. The third kappa shape index (κ3) is 3.33. The van der Waals surface area contributed by atoms with E-state index < -0.39 is 0 Å². The molecule has 0 radical (unpaired) electrons. The first-order valence-electron chi connectivity index (χ1n) is 7.31. The first-order valence-corrected chi connectivity index (χ1v) is 7.31. The Morgan fingerprint density at radius 1 is 1.19 bits per heavy atom.